The first-order valence-electron chi connectivity index (χ1n) is 5.10. The summed E-state index contributed by atoms with van der Waals surface area (Å²) in [5.41, 5.74) is -4.07. The molecule has 0 unspecified atom stereocenters. The topological polar surface area (TPSA) is 66.0 Å². The third-order valence-corrected chi connectivity index (χ3v) is 2.56. The molecular formula is C10H8F4N2O3. The van der Waals surface area contributed by atoms with Gasteiger partial charge in [0.25, 0.3) is 12.9 Å². The lowest BCUT2D eigenvalue weighted by Gasteiger charge is -2.29. The van der Waals surface area contributed by atoms with Crippen LogP contribution in [0.4, 0.5) is 17.6 Å². The molecule has 1 aromatic heterocycles. The van der Waals surface area contributed by atoms with E-state index in [2.05, 4.69) is 9.52 Å². The minimum Gasteiger partial charge on any atom is -0.459 e. The highest BCUT2D eigenvalue weighted by atomic mass is 19.3. The van der Waals surface area contributed by atoms with Gasteiger partial charge < -0.3 is 9.52 Å². The highest BCUT2D eigenvalue weighted by Gasteiger charge is 2.53. The fraction of sp³-hybridized carbons (Fsp3) is 0.400. The van der Waals surface area contributed by atoms with Gasteiger partial charge in [-0.1, -0.05) is 0 Å². The Labute approximate surface area is 104 Å². The lowest BCUT2D eigenvalue weighted by atomic mass is 10.1. The lowest BCUT2D eigenvalue weighted by Crippen LogP contribution is -2.51. The Morgan fingerprint density at radius 3 is 2.63 bits per heavy atom. The van der Waals surface area contributed by atoms with E-state index >= 15 is 0 Å². The monoisotopic (exact) mass is 280 g/mol. The molecule has 19 heavy (non-hydrogen) atoms. The molecule has 9 heteroatoms. The zero-order chi connectivity index (χ0) is 14.2. The normalized spacial score (nSPS) is 23.3. The van der Waals surface area contributed by atoms with E-state index in [1.54, 1.807) is 0 Å². The molecule has 1 atom stereocenters. The summed E-state index contributed by atoms with van der Waals surface area (Å²) in [6.45, 7) is 0. The number of amides is 1. The Bertz CT molecular complexity index is 503. The van der Waals surface area contributed by atoms with Gasteiger partial charge >= 0.3 is 5.91 Å². The highest BCUT2D eigenvalue weighted by molar-refractivity contribution is 5.97. The molecule has 1 aliphatic rings. The van der Waals surface area contributed by atoms with Crippen molar-refractivity contribution in [1.29, 1.82) is 0 Å². The fourth-order valence-corrected chi connectivity index (χ4v) is 1.61. The molecule has 0 bridgehead atoms. The number of nitrogens with zero attached hydrogens (tertiary/aromatic N) is 2. The summed E-state index contributed by atoms with van der Waals surface area (Å²) in [6, 6.07) is 2.45. The molecule has 0 aliphatic carbocycles. The maximum absolute atomic E-state index is 12.8. The van der Waals surface area contributed by atoms with E-state index < -0.39 is 42.4 Å². The SMILES string of the molecule is O=C(c1ccco1)N1N=C(C(F)F)C[C@]1(O)C(F)F. The van der Waals surface area contributed by atoms with E-state index in [1.807, 2.05) is 0 Å². The third-order valence-electron chi connectivity index (χ3n) is 2.56. The van der Waals surface area contributed by atoms with E-state index in [-0.39, 0.29) is 5.01 Å². The van der Waals surface area contributed by atoms with Gasteiger partial charge in [-0.3, -0.25) is 4.79 Å². The van der Waals surface area contributed by atoms with Crippen molar-refractivity contribution in [2.24, 2.45) is 5.10 Å². The number of carbonyl (C=O) groups excluding carboxylic acids is 1. The van der Waals surface area contributed by atoms with Crippen LogP contribution in [0.5, 0.6) is 0 Å². The van der Waals surface area contributed by atoms with Gasteiger partial charge in [0, 0.05) is 6.42 Å². The number of hydrogen-bond acceptors (Lipinski definition) is 4. The van der Waals surface area contributed by atoms with Gasteiger partial charge in [-0.2, -0.15) is 10.1 Å². The van der Waals surface area contributed by atoms with E-state index in [0.29, 0.717) is 0 Å². The van der Waals surface area contributed by atoms with Gasteiger partial charge in [-0.25, -0.2) is 17.6 Å². The van der Waals surface area contributed by atoms with Crippen LogP contribution in [0.2, 0.25) is 0 Å². The first-order valence-corrected chi connectivity index (χ1v) is 5.10. The maximum atomic E-state index is 12.8. The summed E-state index contributed by atoms with van der Waals surface area (Å²) < 4.78 is 55.3. The number of rotatable bonds is 3. The van der Waals surface area contributed by atoms with Crippen molar-refractivity contribution in [3.8, 4) is 0 Å². The highest BCUT2D eigenvalue weighted by Crippen LogP contribution is 2.34. The van der Waals surface area contributed by atoms with Gasteiger partial charge in [-0.15, -0.1) is 0 Å². The second-order valence-electron chi connectivity index (χ2n) is 3.84. The molecule has 0 saturated heterocycles. The second kappa shape index (κ2) is 4.65. The van der Waals surface area contributed by atoms with Crippen LogP contribution in [0, 0.1) is 0 Å². The Morgan fingerprint density at radius 2 is 2.16 bits per heavy atom. The fourth-order valence-electron chi connectivity index (χ4n) is 1.61. The van der Waals surface area contributed by atoms with Crippen molar-refractivity contribution in [1.82, 2.24) is 5.01 Å². The van der Waals surface area contributed by atoms with Crippen LogP contribution in [0.15, 0.2) is 27.9 Å². The number of furan rings is 1. The molecule has 2 rings (SSSR count). The van der Waals surface area contributed by atoms with Crippen LogP contribution in [0.1, 0.15) is 17.0 Å². The minimum atomic E-state index is -3.45. The van der Waals surface area contributed by atoms with Gasteiger partial charge in [-0.05, 0) is 12.1 Å². The molecule has 1 aliphatic heterocycles. The van der Waals surface area contributed by atoms with Crippen LogP contribution >= 0.6 is 0 Å². The summed E-state index contributed by atoms with van der Waals surface area (Å²) in [4.78, 5) is 11.8. The largest absolute Gasteiger partial charge is 0.459 e. The van der Waals surface area contributed by atoms with Crippen LogP contribution < -0.4 is 0 Å². The summed E-state index contributed by atoms with van der Waals surface area (Å²) in [7, 11) is 0. The quantitative estimate of drug-likeness (QED) is 0.857. The molecule has 0 spiro atoms. The molecular weight excluding hydrogens is 272 g/mol. The van der Waals surface area contributed by atoms with Crippen molar-refractivity contribution in [2.45, 2.75) is 25.0 Å². The summed E-state index contributed by atoms with van der Waals surface area (Å²) in [6.07, 6.45) is -6.61. The third kappa shape index (κ3) is 2.21. The van der Waals surface area contributed by atoms with E-state index in [4.69, 9.17) is 0 Å². The Hall–Kier alpha value is -1.90. The zero-order valence-electron chi connectivity index (χ0n) is 9.26. The van der Waals surface area contributed by atoms with Crippen molar-refractivity contribution < 1.29 is 31.9 Å². The molecule has 0 aromatic carbocycles. The Morgan fingerprint density at radius 1 is 1.47 bits per heavy atom. The molecule has 1 amide bonds. The zero-order valence-corrected chi connectivity index (χ0v) is 9.26. The number of hydrazone groups is 1. The molecule has 2 heterocycles. The minimum absolute atomic E-state index is 0.0575. The molecule has 0 fully saturated rings. The average molecular weight is 280 g/mol. The molecule has 1 aromatic rings. The number of hydrogen-bond donors (Lipinski definition) is 1. The van der Waals surface area contributed by atoms with Crippen molar-refractivity contribution in [3.63, 3.8) is 0 Å². The van der Waals surface area contributed by atoms with Crippen LogP contribution in [-0.4, -0.2) is 40.3 Å². The average Bonchev–Trinajstić information content (AvgIpc) is 2.95. The predicted octanol–water partition coefficient (Wildman–Crippen LogP) is 1.70. The second-order valence-corrected chi connectivity index (χ2v) is 3.84. The van der Waals surface area contributed by atoms with Crippen molar-refractivity contribution >= 4 is 11.6 Å². The summed E-state index contributed by atoms with van der Waals surface area (Å²) >= 11 is 0. The molecule has 104 valence electrons. The van der Waals surface area contributed by atoms with E-state index in [0.717, 1.165) is 12.3 Å². The summed E-state index contributed by atoms with van der Waals surface area (Å²) in [5.74, 6) is -1.61. The number of alkyl halides is 4. The molecule has 5 nitrogen and oxygen atoms in total. The standard InChI is InChI=1S/C10H8F4N2O3/c11-7(12)5-4-10(18,9(13)14)16(15-5)8(17)6-2-1-3-19-6/h1-3,7,9,18H,4H2/t10-/m0/s1. The van der Waals surface area contributed by atoms with Crippen LogP contribution in [-0.2, 0) is 0 Å². The van der Waals surface area contributed by atoms with Gasteiger partial charge in [0.1, 0.15) is 5.71 Å². The van der Waals surface area contributed by atoms with Gasteiger partial charge in [0.15, 0.2) is 5.76 Å². The smallest absolute Gasteiger partial charge is 0.312 e. The van der Waals surface area contributed by atoms with Crippen molar-refractivity contribution in [2.75, 3.05) is 0 Å². The molecule has 1 N–H and O–H groups in total. The first kappa shape index (κ1) is 13.5. The predicted molar refractivity (Wildman–Crippen MR) is 53.9 cm³/mol. The van der Waals surface area contributed by atoms with E-state index in [9.17, 15) is 27.5 Å². The van der Waals surface area contributed by atoms with E-state index in [1.165, 1.54) is 6.07 Å². The van der Waals surface area contributed by atoms with Crippen LogP contribution in [0.3, 0.4) is 0 Å². The summed E-state index contributed by atoms with van der Waals surface area (Å²) in [5, 5.41) is 12.7. The first-order chi connectivity index (χ1) is 8.86. The van der Waals surface area contributed by atoms with Gasteiger partial charge in [0.2, 0.25) is 5.72 Å². The Kier molecular flexibility index (Phi) is 3.31. The number of carbonyl (C=O) groups is 1. The maximum Gasteiger partial charge on any atom is 0.312 e. The number of halogens is 4. The van der Waals surface area contributed by atoms with Crippen LogP contribution in [0.25, 0.3) is 0 Å². The lowest BCUT2D eigenvalue weighted by molar-refractivity contribution is -0.164. The number of aliphatic hydroxyl groups is 1. The Balaban J connectivity index is 2.36. The molecule has 0 radical (unpaired) electrons. The van der Waals surface area contributed by atoms with Gasteiger partial charge in [0.05, 0.1) is 6.26 Å². The van der Waals surface area contributed by atoms with Crippen molar-refractivity contribution in [3.05, 3.63) is 24.2 Å². The molecule has 0 saturated carbocycles.